The van der Waals surface area contributed by atoms with Crippen LogP contribution in [0.2, 0.25) is 0 Å². The number of aromatic hydroxyl groups is 2. The monoisotopic (exact) mass is 476 g/mol. The first-order valence-corrected chi connectivity index (χ1v) is 14.3. The summed E-state index contributed by atoms with van der Waals surface area (Å²) in [7, 11) is 0. The van der Waals surface area contributed by atoms with Crippen molar-refractivity contribution in [3.05, 3.63) is 23.8 Å². The molecule has 0 aromatic heterocycles. The van der Waals surface area contributed by atoms with E-state index in [1.54, 1.807) is 6.92 Å². The normalized spacial score (nSPS) is 15.7. The fraction of sp³-hybridized carbons (Fsp3) is 0.182. The van der Waals surface area contributed by atoms with Gasteiger partial charge in [0.05, 0.1) is 0 Å². The molecule has 5 nitrogen and oxygen atoms in total. The van der Waals surface area contributed by atoms with E-state index in [1.165, 1.54) is 6.07 Å². The van der Waals surface area contributed by atoms with Crippen LogP contribution in [0.5, 0.6) is 17.2 Å². The maximum atomic E-state index is 10.5. The van der Waals surface area contributed by atoms with Crippen LogP contribution in [-0.4, -0.2) is 16.5 Å². The molecule has 0 atom stereocenters. The zero-order chi connectivity index (χ0) is 13.3. The van der Waals surface area contributed by atoms with E-state index in [0.29, 0.717) is 22.4 Å². The number of halogens is 2. The summed E-state index contributed by atoms with van der Waals surface area (Å²) in [5, 5.41) is 19.8. The molecule has 1 aromatic rings. The van der Waals surface area contributed by atoms with Crippen LogP contribution in [0.15, 0.2) is 12.6 Å². The quantitative estimate of drug-likeness (QED) is 0.226. The predicted molar refractivity (Wildman–Crippen MR) is 72.0 cm³/mol. The number of rotatable bonds is 5. The zero-order valence-corrected chi connectivity index (χ0v) is 13.9. The average Bonchev–Trinajstić information content (AvgIpc) is 3.14. The third-order valence-corrected chi connectivity index (χ3v) is 10.1. The van der Waals surface area contributed by atoms with Crippen LogP contribution in [0.1, 0.15) is 17.5 Å². The van der Waals surface area contributed by atoms with Gasteiger partial charge in [-0.2, -0.15) is 0 Å². The summed E-state index contributed by atoms with van der Waals surface area (Å²) in [6.07, 6.45) is 0.885. The Morgan fingerprint density at radius 1 is 1.67 bits per heavy atom. The first kappa shape index (κ1) is 13.9. The molecule has 1 aliphatic heterocycles. The molecule has 18 heavy (non-hydrogen) atoms. The van der Waals surface area contributed by atoms with E-state index in [2.05, 4.69) is 8.32 Å². The molecule has 1 heterocycles. The molecule has 0 spiro atoms. The number of hydrogen-bond donors (Lipinski definition) is 3. The average molecular weight is 476 g/mol. The summed E-state index contributed by atoms with van der Waals surface area (Å²) in [5.41, 5.74) is 1.42. The van der Waals surface area contributed by atoms with Crippen LogP contribution in [0, 0.1) is 6.92 Å². The number of allylic oxidation sites excluding steroid dienone is 1. The van der Waals surface area contributed by atoms with Gasteiger partial charge in [-0.3, -0.25) is 0 Å². The minimum absolute atomic E-state index is 0.0116. The first-order chi connectivity index (χ1) is 8.54. The van der Waals surface area contributed by atoms with Gasteiger partial charge in [-0.15, -0.1) is 0 Å². The van der Waals surface area contributed by atoms with Gasteiger partial charge in [0.15, 0.2) is 0 Å². The summed E-state index contributed by atoms with van der Waals surface area (Å²) in [6, 6.07) is 1.49. The number of phenols is 2. The van der Waals surface area contributed by atoms with Crippen molar-refractivity contribution in [2.45, 2.75) is 13.3 Å². The number of carbonyl (C=O) groups excluding carboxylic acids is 1. The topological polar surface area (TPSA) is 88.7 Å². The molecule has 7 heteroatoms. The van der Waals surface area contributed by atoms with E-state index in [1.807, 2.05) is 0 Å². The van der Waals surface area contributed by atoms with Crippen molar-refractivity contribution in [1.82, 2.24) is 1.74 Å². The molecule has 0 bridgehead atoms. The molecule has 3 N–H and O–H groups in total. The Morgan fingerprint density at radius 2 is 2.33 bits per heavy atom. The SMILES string of the molecule is C=C(CC=O)c1cc(O)c(C)c(O)c1OI1N[I-]1. The van der Waals surface area contributed by atoms with Gasteiger partial charge in [-0.05, 0) is 0 Å². The molecule has 0 unspecified atom stereocenters. The van der Waals surface area contributed by atoms with E-state index in [-0.39, 0.29) is 35.4 Å². The summed E-state index contributed by atoms with van der Waals surface area (Å²) in [5.74, 6) is 0.267. The Kier molecular flexibility index (Phi) is 4.33. The number of hydrogen-bond acceptors (Lipinski definition) is 5. The second kappa shape index (κ2) is 5.61. The van der Waals surface area contributed by atoms with Crippen molar-refractivity contribution in [1.29, 1.82) is 0 Å². The summed E-state index contributed by atoms with van der Waals surface area (Å²) < 4.78 is 8.96. The van der Waals surface area contributed by atoms with Crippen molar-refractivity contribution in [2.75, 3.05) is 0 Å². The molecule has 1 aliphatic rings. The van der Waals surface area contributed by atoms with Gasteiger partial charge in [-0.25, -0.2) is 0 Å². The van der Waals surface area contributed by atoms with Crippen molar-refractivity contribution < 1.29 is 35.6 Å². The van der Waals surface area contributed by atoms with E-state index in [4.69, 9.17) is 3.07 Å². The molecule has 0 amide bonds. The molecule has 0 saturated carbocycles. The summed E-state index contributed by atoms with van der Waals surface area (Å²) >= 11 is -1.49. The molecule has 0 aliphatic carbocycles. The predicted octanol–water partition coefficient (Wildman–Crippen LogP) is -0.754. The van der Waals surface area contributed by atoms with Gasteiger partial charge in [-0.1, -0.05) is 0 Å². The molecule has 0 radical (unpaired) electrons. The first-order valence-electron chi connectivity index (χ1n) is 5.00. The van der Waals surface area contributed by atoms with Gasteiger partial charge >= 0.3 is 120 Å². The van der Waals surface area contributed by atoms with Crippen LogP contribution in [0.25, 0.3) is 5.57 Å². The second-order valence-electron chi connectivity index (χ2n) is 3.65. The third-order valence-electron chi connectivity index (χ3n) is 2.47. The van der Waals surface area contributed by atoms with Crippen LogP contribution in [0.4, 0.5) is 0 Å². The molecule has 1 aromatic carbocycles. The number of carbonyl (C=O) groups is 1. The van der Waals surface area contributed by atoms with E-state index < -0.39 is 16.5 Å². The number of aldehydes is 1. The molecule has 1 saturated heterocycles. The Morgan fingerprint density at radius 3 is 2.89 bits per heavy atom. The van der Waals surface area contributed by atoms with Crippen LogP contribution < -0.4 is 22.3 Å². The number of nitrogens with one attached hydrogen (secondary N) is 1. The van der Waals surface area contributed by atoms with Gasteiger partial charge in [0, 0.05) is 0 Å². The van der Waals surface area contributed by atoms with Gasteiger partial charge in [0.2, 0.25) is 0 Å². The maximum absolute atomic E-state index is 10.5. The van der Waals surface area contributed by atoms with E-state index >= 15 is 0 Å². The second-order valence-corrected chi connectivity index (χ2v) is 16.5. The molecule has 2 rings (SSSR count). The van der Waals surface area contributed by atoms with Crippen LogP contribution >= 0.6 is 16.5 Å². The number of benzene rings is 1. The molecular formula is C11H12I2NO4-. The third kappa shape index (κ3) is 2.88. The Balaban J connectivity index is 2.46. The summed E-state index contributed by atoms with van der Waals surface area (Å²) in [4.78, 5) is 10.5. The Hall–Kier alpha value is -0.550. The van der Waals surface area contributed by atoms with Crippen molar-refractivity contribution >= 4 is 28.4 Å². The summed E-state index contributed by atoms with van der Waals surface area (Å²) in [6.45, 7) is 5.40. The van der Waals surface area contributed by atoms with Crippen LogP contribution in [-0.2, 0) is 4.79 Å². The van der Waals surface area contributed by atoms with E-state index in [0.717, 1.165) is 6.29 Å². The fourth-order valence-electron chi connectivity index (χ4n) is 1.39. The van der Waals surface area contributed by atoms with Crippen molar-refractivity contribution in [3.8, 4) is 17.2 Å². The fourth-order valence-corrected chi connectivity index (χ4v) is 7.94. The Labute approximate surface area is 119 Å². The van der Waals surface area contributed by atoms with Crippen molar-refractivity contribution in [2.24, 2.45) is 0 Å². The van der Waals surface area contributed by atoms with Crippen LogP contribution in [0.3, 0.4) is 0 Å². The standard InChI is InChI=1S/C11H12I2NO4/c1-6(3-4-15)8-5-9(16)7(2)10(17)11(8)18-13-12-14-13/h4-5,14,16-17H,1,3H2,2H3/q-1. The Bertz CT molecular complexity index is 514. The van der Waals surface area contributed by atoms with E-state index in [9.17, 15) is 15.0 Å². The van der Waals surface area contributed by atoms with Gasteiger partial charge < -0.3 is 0 Å². The van der Waals surface area contributed by atoms with Gasteiger partial charge in [0.1, 0.15) is 0 Å². The van der Waals surface area contributed by atoms with Gasteiger partial charge in [0.25, 0.3) is 0 Å². The molecule has 1 fully saturated rings. The number of phenolic OH excluding ortho intramolecular Hbond substituents is 2. The van der Waals surface area contributed by atoms with Crippen molar-refractivity contribution in [3.63, 3.8) is 0 Å². The zero-order valence-electron chi connectivity index (χ0n) is 9.54. The molecular weight excluding hydrogens is 464 g/mol. The minimum atomic E-state index is -1.48. The molecule has 100 valence electrons.